The number of guanidine groups is 1. The van der Waals surface area contributed by atoms with Gasteiger partial charge in [0.25, 0.3) is 0 Å². The molecule has 9 atom stereocenters. The largest absolute Gasteiger partial charge is 0.508 e. The Morgan fingerprint density at radius 1 is 0.743 bits per heavy atom. The molecule has 16 N–H and O–H groups in total. The number of rotatable bonds is 29. The van der Waals surface area contributed by atoms with E-state index in [-0.39, 0.29) is 63.3 Å². The number of benzene rings is 2. The maximum absolute atomic E-state index is 14.5. The second-order valence-corrected chi connectivity index (χ2v) is 18.5. The summed E-state index contributed by atoms with van der Waals surface area (Å²) in [6.07, 6.45) is 2.49. The van der Waals surface area contributed by atoms with Crippen molar-refractivity contribution in [1.29, 1.82) is 0 Å². The zero-order valence-corrected chi connectivity index (χ0v) is 41.8. The maximum Gasteiger partial charge on any atom is 0.326 e. The number of hydrogen-bond acceptors (Lipinski definition) is 13. The van der Waals surface area contributed by atoms with Crippen LogP contribution in [0.25, 0.3) is 0 Å². The van der Waals surface area contributed by atoms with Gasteiger partial charge in [-0.05, 0) is 54.4 Å². The molecule has 0 spiro atoms. The predicted octanol–water partition coefficient (Wildman–Crippen LogP) is -1.70. The number of hydrogen-bond donors (Lipinski definition) is 13. The first-order valence-electron chi connectivity index (χ1n) is 24.3. The third-order valence-electron chi connectivity index (χ3n) is 12.5. The average molecular weight is 1030 g/mol. The number of carbonyl (C=O) groups excluding carboxylic acids is 7. The molecule has 0 unspecified atom stereocenters. The summed E-state index contributed by atoms with van der Waals surface area (Å²) < 4.78 is 0. The van der Waals surface area contributed by atoms with Crippen LogP contribution in [0.4, 0.5) is 0 Å². The lowest BCUT2D eigenvalue weighted by Crippen LogP contribution is -2.65. The first kappa shape index (κ1) is 58.5. The number of carboxylic acids is 2. The summed E-state index contributed by atoms with van der Waals surface area (Å²) in [5, 5.41) is 44.9. The number of nitrogens with zero attached hydrogens (tertiary/aromatic N) is 3. The second-order valence-electron chi connectivity index (χ2n) is 18.5. The topological polar surface area (TPSA) is 409 Å². The van der Waals surface area contributed by atoms with Gasteiger partial charge in [0.1, 0.15) is 48.0 Å². The van der Waals surface area contributed by atoms with E-state index in [1.807, 2.05) is 0 Å². The van der Waals surface area contributed by atoms with Gasteiger partial charge in [-0.15, -0.1) is 0 Å². The zero-order valence-electron chi connectivity index (χ0n) is 41.8. The molecular weight excluding hydrogens is 963 g/mol. The lowest BCUT2D eigenvalue weighted by atomic mass is 9.95. The molecule has 3 aromatic rings. The molecular formula is C49H69N13O12. The molecule has 74 heavy (non-hydrogen) atoms. The fourth-order valence-corrected chi connectivity index (χ4v) is 7.93. The van der Waals surface area contributed by atoms with Crippen LogP contribution < -0.4 is 49.1 Å². The maximum atomic E-state index is 14.5. The smallest absolute Gasteiger partial charge is 0.326 e. The Kier molecular flexibility index (Phi) is 22.3. The van der Waals surface area contributed by atoms with Crippen LogP contribution in [0.5, 0.6) is 5.75 Å². The third-order valence-corrected chi connectivity index (χ3v) is 12.5. The van der Waals surface area contributed by atoms with E-state index in [4.69, 9.17) is 22.3 Å². The number of amides is 7. The molecule has 1 fully saturated rings. The summed E-state index contributed by atoms with van der Waals surface area (Å²) in [7, 11) is 0. The number of phenolic OH excluding ortho intramolecular Hbond substituents is 1. The van der Waals surface area contributed by atoms with Gasteiger partial charge in [0.15, 0.2) is 5.96 Å². The Morgan fingerprint density at radius 2 is 1.34 bits per heavy atom. The molecule has 402 valence electrons. The van der Waals surface area contributed by atoms with Crippen molar-refractivity contribution in [2.24, 2.45) is 34.0 Å². The van der Waals surface area contributed by atoms with E-state index in [0.717, 1.165) is 0 Å². The first-order valence-corrected chi connectivity index (χ1v) is 24.3. The summed E-state index contributed by atoms with van der Waals surface area (Å²) in [6, 6.07) is 3.95. The minimum absolute atomic E-state index is 0.00211. The van der Waals surface area contributed by atoms with Crippen LogP contribution in [0.2, 0.25) is 0 Å². The molecule has 7 amide bonds. The number of imidazole rings is 1. The standard InChI is InChI=1S/C49H69N13O12/c1-5-27(4)40(46(71)58-35(22-30-24-53-25-55-30)47(72)62-19-17-37(62)44(69)59-36(48(73)74)21-28-10-7-6-8-11-28)61-43(68)34(20-29-13-15-31(63)16-14-29)57-45(70)39(26(2)3)60-42(67)33(12-9-18-54-49(51)52)56-41(66)32(50)23-38(64)65/h6-8,10-11,13-16,24-27,32-37,39-40,63H,5,9,12,17-23,50H2,1-4H3,(H,53,55)(H,56,66)(H,57,70)(H,58,71)(H,59,69)(H,60,67)(H,61,68)(H,64,65)(H,73,74)(H4,51,52,54)/t27-,32-,33-,34-,35-,36-,37-,39-,40-/m0/s1. The molecule has 0 aliphatic carbocycles. The van der Waals surface area contributed by atoms with Crippen LogP contribution in [-0.2, 0) is 62.4 Å². The van der Waals surface area contributed by atoms with E-state index < -0.39 is 120 Å². The molecule has 1 aliphatic rings. The van der Waals surface area contributed by atoms with Crippen LogP contribution in [0, 0.1) is 11.8 Å². The highest BCUT2D eigenvalue weighted by atomic mass is 16.4. The zero-order chi connectivity index (χ0) is 54.6. The van der Waals surface area contributed by atoms with E-state index >= 15 is 0 Å². The van der Waals surface area contributed by atoms with Crippen molar-refractivity contribution in [3.05, 3.63) is 83.9 Å². The minimum Gasteiger partial charge on any atom is -0.508 e. The van der Waals surface area contributed by atoms with Crippen molar-refractivity contribution in [3.63, 3.8) is 0 Å². The third kappa shape index (κ3) is 17.9. The van der Waals surface area contributed by atoms with Gasteiger partial charge < -0.3 is 74.3 Å². The fraction of sp³-hybridized carbons (Fsp3) is 0.490. The number of carboxylic acid groups (broad SMARTS) is 2. The Balaban J connectivity index is 1.57. The van der Waals surface area contributed by atoms with E-state index in [2.05, 4.69) is 46.9 Å². The highest BCUT2D eigenvalue weighted by Crippen LogP contribution is 2.22. The Labute approximate surface area is 427 Å². The van der Waals surface area contributed by atoms with Gasteiger partial charge in [0, 0.05) is 44.2 Å². The molecule has 0 radical (unpaired) electrons. The molecule has 2 aromatic carbocycles. The summed E-state index contributed by atoms with van der Waals surface area (Å²) in [5.74, 6) is -9.67. The van der Waals surface area contributed by atoms with Gasteiger partial charge in [-0.3, -0.25) is 43.3 Å². The summed E-state index contributed by atoms with van der Waals surface area (Å²) >= 11 is 0. The van der Waals surface area contributed by atoms with E-state index in [0.29, 0.717) is 23.2 Å². The van der Waals surface area contributed by atoms with Crippen molar-refractivity contribution in [2.45, 2.75) is 127 Å². The molecule has 1 saturated heterocycles. The first-order chi connectivity index (χ1) is 35.1. The normalized spacial score (nSPS) is 16.2. The number of aromatic nitrogens is 2. The molecule has 4 rings (SSSR count). The number of aliphatic carboxylic acids is 2. The van der Waals surface area contributed by atoms with Gasteiger partial charge in [0.2, 0.25) is 41.4 Å². The van der Waals surface area contributed by atoms with Crippen LogP contribution in [0.15, 0.2) is 72.1 Å². The number of aromatic hydroxyl groups is 1. The van der Waals surface area contributed by atoms with Gasteiger partial charge in [-0.1, -0.05) is 76.6 Å². The van der Waals surface area contributed by atoms with Crippen LogP contribution >= 0.6 is 0 Å². The van der Waals surface area contributed by atoms with Gasteiger partial charge in [-0.2, -0.15) is 0 Å². The number of phenols is 1. The van der Waals surface area contributed by atoms with Crippen LogP contribution in [0.1, 0.15) is 76.6 Å². The molecule has 1 aliphatic heterocycles. The number of H-pyrrole nitrogens is 1. The molecule has 0 saturated carbocycles. The monoisotopic (exact) mass is 1030 g/mol. The molecule has 2 heterocycles. The van der Waals surface area contributed by atoms with Gasteiger partial charge in [-0.25, -0.2) is 9.78 Å². The molecule has 25 heteroatoms. The van der Waals surface area contributed by atoms with Crippen molar-refractivity contribution in [1.82, 2.24) is 46.8 Å². The average Bonchev–Trinajstić information content (AvgIpc) is 3.85. The van der Waals surface area contributed by atoms with Crippen molar-refractivity contribution in [2.75, 3.05) is 13.1 Å². The second kappa shape index (κ2) is 28.2. The van der Waals surface area contributed by atoms with Crippen LogP contribution in [0.3, 0.4) is 0 Å². The number of aromatic amines is 1. The summed E-state index contributed by atoms with van der Waals surface area (Å²) in [5.41, 5.74) is 18.2. The number of nitrogens with one attached hydrogen (secondary N) is 7. The van der Waals surface area contributed by atoms with E-state index in [9.17, 15) is 53.4 Å². The van der Waals surface area contributed by atoms with Crippen molar-refractivity contribution < 1.29 is 58.5 Å². The predicted molar refractivity (Wildman–Crippen MR) is 268 cm³/mol. The number of aliphatic imine (C=N–C) groups is 1. The van der Waals surface area contributed by atoms with Crippen LogP contribution in [-0.4, -0.2) is 151 Å². The minimum atomic E-state index is -1.51. The number of likely N-dealkylation sites (tertiary alicyclic amines) is 1. The fourth-order valence-electron chi connectivity index (χ4n) is 7.93. The summed E-state index contributed by atoms with van der Waals surface area (Å²) in [4.78, 5) is 133. The van der Waals surface area contributed by atoms with Gasteiger partial charge in [0.05, 0.1) is 18.8 Å². The molecule has 0 bridgehead atoms. The van der Waals surface area contributed by atoms with Gasteiger partial charge >= 0.3 is 11.9 Å². The highest BCUT2D eigenvalue weighted by molar-refractivity contribution is 5.98. The lowest BCUT2D eigenvalue weighted by molar-refractivity contribution is -0.151. The number of carbonyl (C=O) groups is 9. The van der Waals surface area contributed by atoms with E-state index in [1.54, 1.807) is 58.0 Å². The highest BCUT2D eigenvalue weighted by Gasteiger charge is 2.43. The molecule has 25 nitrogen and oxygen atoms in total. The van der Waals surface area contributed by atoms with Crippen molar-refractivity contribution in [3.8, 4) is 5.75 Å². The Morgan fingerprint density at radius 3 is 1.91 bits per heavy atom. The molecule has 1 aromatic heterocycles. The lowest BCUT2D eigenvalue weighted by Gasteiger charge is -2.42. The SMILES string of the molecule is CC[C@H](C)[C@H](NC(=O)[C@H](Cc1ccc(O)cc1)NC(=O)[C@@H](NC(=O)[C@H](CCCN=C(N)N)NC(=O)[C@@H](N)CC(=O)O)C(C)C)C(=O)N[C@@H](Cc1cnc[nH]1)C(=O)N1CC[C@H]1C(=O)N[C@@H](Cc1ccccc1)C(=O)O. The van der Waals surface area contributed by atoms with E-state index in [1.165, 1.54) is 41.7 Å². The van der Waals surface area contributed by atoms with Crippen molar-refractivity contribution >= 4 is 59.2 Å². The summed E-state index contributed by atoms with van der Waals surface area (Å²) in [6.45, 7) is 6.89. The Hall–Kier alpha value is -8.09. The number of nitrogens with two attached hydrogens (primary N) is 3. The quantitative estimate of drug-likeness (QED) is 0.0209. The Bertz CT molecular complexity index is 2430.